The molecule has 1 aliphatic carbocycles. The quantitative estimate of drug-likeness (QED) is 0.800. The predicted molar refractivity (Wildman–Crippen MR) is 83.3 cm³/mol. The Kier molecular flexibility index (Phi) is 4.72. The third kappa shape index (κ3) is 3.74. The van der Waals surface area contributed by atoms with Gasteiger partial charge in [-0.25, -0.2) is 4.98 Å². The Morgan fingerprint density at radius 2 is 2.14 bits per heavy atom. The maximum atomic E-state index is 5.91. The molecule has 21 heavy (non-hydrogen) atoms. The molecule has 2 aromatic rings. The third-order valence-corrected chi connectivity index (χ3v) is 4.07. The molecule has 0 radical (unpaired) electrons. The molecule has 0 atom stereocenters. The molecule has 0 bridgehead atoms. The van der Waals surface area contributed by atoms with E-state index in [1.54, 1.807) is 12.5 Å². The molecule has 0 aromatic carbocycles. The van der Waals surface area contributed by atoms with Gasteiger partial charge in [0.05, 0.1) is 17.8 Å². The van der Waals surface area contributed by atoms with Crippen molar-refractivity contribution in [3.63, 3.8) is 0 Å². The predicted octanol–water partition coefficient (Wildman–Crippen LogP) is 2.92. The van der Waals surface area contributed by atoms with E-state index in [0.29, 0.717) is 12.1 Å². The molecule has 2 heterocycles. The van der Waals surface area contributed by atoms with Gasteiger partial charge in [-0.2, -0.15) is 0 Å². The fourth-order valence-electron chi connectivity index (χ4n) is 2.82. The number of anilines is 1. The van der Waals surface area contributed by atoms with Crippen LogP contribution in [0.4, 0.5) is 5.82 Å². The summed E-state index contributed by atoms with van der Waals surface area (Å²) in [6.45, 7) is 1.64. The van der Waals surface area contributed by atoms with Crippen LogP contribution in [0.5, 0.6) is 0 Å². The molecule has 3 rings (SSSR count). The molecule has 0 spiro atoms. The van der Waals surface area contributed by atoms with Gasteiger partial charge in [-0.3, -0.25) is 0 Å². The zero-order valence-corrected chi connectivity index (χ0v) is 12.3. The lowest BCUT2D eigenvalue weighted by Gasteiger charge is -2.26. The normalized spacial score (nSPS) is 22.5. The lowest BCUT2D eigenvalue weighted by molar-refractivity contribution is 0.0251. The van der Waals surface area contributed by atoms with Gasteiger partial charge >= 0.3 is 0 Å². The van der Waals surface area contributed by atoms with Crippen LogP contribution in [0.2, 0.25) is 0 Å². The highest BCUT2D eigenvalue weighted by atomic mass is 16.5. The van der Waals surface area contributed by atoms with E-state index in [9.17, 15) is 0 Å². The number of pyridine rings is 1. The first kappa shape index (κ1) is 14.4. The van der Waals surface area contributed by atoms with Crippen LogP contribution in [0.25, 0.3) is 11.0 Å². The molecule has 0 saturated heterocycles. The number of nitrogens with zero attached hydrogens (tertiary/aromatic N) is 1. The zero-order chi connectivity index (χ0) is 14.5. The smallest absolute Gasteiger partial charge is 0.139 e. The summed E-state index contributed by atoms with van der Waals surface area (Å²) in [4.78, 5) is 4.35. The van der Waals surface area contributed by atoms with Crippen LogP contribution >= 0.6 is 0 Å². The summed E-state index contributed by atoms with van der Waals surface area (Å²) >= 11 is 0. The van der Waals surface area contributed by atoms with Crippen LogP contribution in [-0.4, -0.2) is 30.3 Å². The van der Waals surface area contributed by atoms with Crippen molar-refractivity contribution >= 4 is 16.8 Å². The standard InChI is InChI=1S/C16H23N3O2/c17-12-2-4-13(5-3-12)20-10-1-8-18-16-14-7-11-21-15(14)6-9-19-16/h6-7,9,11-13H,1-5,8,10,17H2,(H,18,19). The molecule has 1 aliphatic rings. The number of hydrogen-bond donors (Lipinski definition) is 2. The minimum atomic E-state index is 0.382. The van der Waals surface area contributed by atoms with Crippen molar-refractivity contribution in [2.24, 2.45) is 5.73 Å². The van der Waals surface area contributed by atoms with Crippen LogP contribution in [0.3, 0.4) is 0 Å². The van der Waals surface area contributed by atoms with E-state index in [4.69, 9.17) is 14.9 Å². The summed E-state index contributed by atoms with van der Waals surface area (Å²) in [5.74, 6) is 0.880. The van der Waals surface area contributed by atoms with Gasteiger partial charge in [0, 0.05) is 25.4 Å². The lowest BCUT2D eigenvalue weighted by atomic mass is 9.94. The summed E-state index contributed by atoms with van der Waals surface area (Å²) < 4.78 is 11.3. The van der Waals surface area contributed by atoms with Crippen LogP contribution in [0.1, 0.15) is 32.1 Å². The number of fused-ring (bicyclic) bond motifs is 1. The molecule has 0 amide bonds. The second-order valence-electron chi connectivity index (χ2n) is 5.68. The topological polar surface area (TPSA) is 73.3 Å². The van der Waals surface area contributed by atoms with Crippen molar-refractivity contribution < 1.29 is 9.15 Å². The van der Waals surface area contributed by atoms with Gasteiger partial charge in [0.25, 0.3) is 0 Å². The third-order valence-electron chi connectivity index (χ3n) is 4.07. The van der Waals surface area contributed by atoms with Gasteiger partial charge in [0.2, 0.25) is 0 Å². The molecule has 5 heteroatoms. The summed E-state index contributed by atoms with van der Waals surface area (Å²) in [5, 5.41) is 4.37. The first-order chi connectivity index (χ1) is 10.3. The number of rotatable bonds is 6. The number of nitrogens with two attached hydrogens (primary N) is 1. The molecule has 114 valence electrons. The van der Waals surface area contributed by atoms with Crippen molar-refractivity contribution in [3.8, 4) is 0 Å². The number of hydrogen-bond acceptors (Lipinski definition) is 5. The van der Waals surface area contributed by atoms with E-state index in [2.05, 4.69) is 10.3 Å². The average molecular weight is 289 g/mol. The first-order valence-electron chi connectivity index (χ1n) is 7.76. The van der Waals surface area contributed by atoms with E-state index in [-0.39, 0.29) is 0 Å². The van der Waals surface area contributed by atoms with Crippen LogP contribution in [0, 0.1) is 0 Å². The van der Waals surface area contributed by atoms with Gasteiger partial charge in [-0.15, -0.1) is 0 Å². The average Bonchev–Trinajstić information content (AvgIpc) is 2.98. The maximum absolute atomic E-state index is 5.91. The maximum Gasteiger partial charge on any atom is 0.139 e. The molecular weight excluding hydrogens is 266 g/mol. The SMILES string of the molecule is NC1CCC(OCCCNc2nccc3occc23)CC1. The van der Waals surface area contributed by atoms with E-state index in [1.807, 2.05) is 12.1 Å². The summed E-state index contributed by atoms with van der Waals surface area (Å²) in [7, 11) is 0. The fourth-order valence-corrected chi connectivity index (χ4v) is 2.82. The Morgan fingerprint density at radius 3 is 3.00 bits per heavy atom. The number of furan rings is 1. The Labute approximate surface area is 124 Å². The lowest BCUT2D eigenvalue weighted by Crippen LogP contribution is -2.30. The van der Waals surface area contributed by atoms with Crippen LogP contribution in [-0.2, 0) is 4.74 Å². The zero-order valence-electron chi connectivity index (χ0n) is 12.3. The van der Waals surface area contributed by atoms with Crippen molar-refractivity contribution in [1.82, 2.24) is 4.98 Å². The molecule has 3 N–H and O–H groups in total. The van der Waals surface area contributed by atoms with E-state index in [0.717, 1.165) is 62.0 Å². The van der Waals surface area contributed by atoms with Crippen LogP contribution < -0.4 is 11.1 Å². The van der Waals surface area contributed by atoms with Crippen molar-refractivity contribution in [2.75, 3.05) is 18.5 Å². The monoisotopic (exact) mass is 289 g/mol. The minimum absolute atomic E-state index is 0.382. The van der Waals surface area contributed by atoms with Gasteiger partial charge in [-0.05, 0) is 44.2 Å². The Morgan fingerprint density at radius 1 is 1.29 bits per heavy atom. The number of aromatic nitrogens is 1. The fraction of sp³-hybridized carbons (Fsp3) is 0.562. The minimum Gasteiger partial charge on any atom is -0.464 e. The van der Waals surface area contributed by atoms with Gasteiger partial charge in [-0.1, -0.05) is 0 Å². The molecule has 1 saturated carbocycles. The molecular formula is C16H23N3O2. The molecule has 2 aromatic heterocycles. The van der Waals surface area contributed by atoms with Gasteiger partial charge < -0.3 is 20.2 Å². The largest absolute Gasteiger partial charge is 0.464 e. The highest BCUT2D eigenvalue weighted by molar-refractivity contribution is 5.87. The highest BCUT2D eigenvalue weighted by Crippen LogP contribution is 2.22. The molecule has 0 unspecified atom stereocenters. The Balaban J connectivity index is 1.38. The summed E-state index contributed by atoms with van der Waals surface area (Å²) in [6.07, 6.45) is 9.21. The molecule has 1 fully saturated rings. The summed E-state index contributed by atoms with van der Waals surface area (Å²) in [6, 6.07) is 4.19. The van der Waals surface area contributed by atoms with E-state index in [1.165, 1.54) is 0 Å². The van der Waals surface area contributed by atoms with Crippen molar-refractivity contribution in [3.05, 3.63) is 24.6 Å². The van der Waals surface area contributed by atoms with Gasteiger partial charge in [0.1, 0.15) is 11.4 Å². The van der Waals surface area contributed by atoms with E-state index < -0.39 is 0 Å². The molecule has 5 nitrogen and oxygen atoms in total. The Hall–Kier alpha value is -1.59. The highest BCUT2D eigenvalue weighted by Gasteiger charge is 2.18. The summed E-state index contributed by atoms with van der Waals surface area (Å²) in [5.41, 5.74) is 6.76. The molecule has 0 aliphatic heterocycles. The van der Waals surface area contributed by atoms with E-state index >= 15 is 0 Å². The Bertz CT molecular complexity index is 561. The number of ether oxygens (including phenoxy) is 1. The van der Waals surface area contributed by atoms with Crippen molar-refractivity contribution in [1.29, 1.82) is 0 Å². The second-order valence-corrected chi connectivity index (χ2v) is 5.68. The van der Waals surface area contributed by atoms with Gasteiger partial charge in [0.15, 0.2) is 0 Å². The second kappa shape index (κ2) is 6.91. The van der Waals surface area contributed by atoms with Crippen LogP contribution in [0.15, 0.2) is 29.0 Å². The van der Waals surface area contributed by atoms with Crippen molar-refractivity contribution in [2.45, 2.75) is 44.2 Å². The number of nitrogens with one attached hydrogen (secondary N) is 1. The first-order valence-corrected chi connectivity index (χ1v) is 7.76.